The van der Waals surface area contributed by atoms with Gasteiger partial charge in [0.15, 0.2) is 17.2 Å². The number of phenols is 1. The van der Waals surface area contributed by atoms with Crippen molar-refractivity contribution in [3.05, 3.63) is 65.5 Å². The van der Waals surface area contributed by atoms with Gasteiger partial charge < -0.3 is 25.2 Å². The Kier molecular flexibility index (Phi) is 9.29. The standard InChI is InChI=1S/C27H27F6N5O4/c1-2-41-22-13-16(3-8-21(22)39)15-38-11-9-18(10-12-38)36-25-34-14-20(23(37-25)26(28,29)30)24(40)35-17-4-6-19(7-5-17)42-27(31,32)33/h3-8,13-14,18,39H,2,9-12,15H2,1H3,(H,35,40)(H,34,36,37). The highest BCUT2D eigenvalue weighted by atomic mass is 19.4. The number of aromatic hydroxyl groups is 1. The van der Waals surface area contributed by atoms with E-state index in [0.717, 1.165) is 36.0 Å². The van der Waals surface area contributed by atoms with Crippen LogP contribution in [0.1, 0.15) is 41.4 Å². The van der Waals surface area contributed by atoms with E-state index in [1.165, 1.54) is 0 Å². The summed E-state index contributed by atoms with van der Waals surface area (Å²) in [6, 6.07) is 8.84. The van der Waals surface area contributed by atoms with Crippen molar-refractivity contribution in [2.24, 2.45) is 0 Å². The fourth-order valence-corrected chi connectivity index (χ4v) is 4.38. The number of piperidine rings is 1. The summed E-state index contributed by atoms with van der Waals surface area (Å²) in [4.78, 5) is 22.3. The molecule has 0 bridgehead atoms. The van der Waals surface area contributed by atoms with Gasteiger partial charge in [-0.3, -0.25) is 9.69 Å². The summed E-state index contributed by atoms with van der Waals surface area (Å²) >= 11 is 0. The Morgan fingerprint density at radius 1 is 1.07 bits per heavy atom. The van der Waals surface area contributed by atoms with Crippen molar-refractivity contribution in [2.75, 3.05) is 30.3 Å². The maximum Gasteiger partial charge on any atom is 0.573 e. The zero-order chi connectivity index (χ0) is 30.5. The number of halogens is 6. The molecule has 0 atom stereocenters. The molecule has 0 aliphatic carbocycles. The second-order valence-corrected chi connectivity index (χ2v) is 9.41. The lowest BCUT2D eigenvalue weighted by Gasteiger charge is -2.32. The molecule has 226 valence electrons. The summed E-state index contributed by atoms with van der Waals surface area (Å²) in [7, 11) is 0. The molecule has 1 saturated heterocycles. The second kappa shape index (κ2) is 12.7. The van der Waals surface area contributed by atoms with Gasteiger partial charge in [0.05, 0.1) is 12.2 Å². The van der Waals surface area contributed by atoms with Gasteiger partial charge in [0, 0.05) is 37.6 Å². The summed E-state index contributed by atoms with van der Waals surface area (Å²) in [6.07, 6.45) is -7.96. The number of hydrogen-bond donors (Lipinski definition) is 3. The number of alkyl halides is 6. The number of hydrogen-bond acceptors (Lipinski definition) is 8. The topological polar surface area (TPSA) is 109 Å². The van der Waals surface area contributed by atoms with Gasteiger partial charge in [-0.1, -0.05) is 6.07 Å². The van der Waals surface area contributed by atoms with E-state index < -0.39 is 35.5 Å². The summed E-state index contributed by atoms with van der Waals surface area (Å²) in [6.45, 7) is 4.11. The predicted octanol–water partition coefficient (Wildman–Crippen LogP) is 5.83. The van der Waals surface area contributed by atoms with Crippen molar-refractivity contribution in [1.29, 1.82) is 0 Å². The van der Waals surface area contributed by atoms with E-state index in [1.54, 1.807) is 18.2 Å². The van der Waals surface area contributed by atoms with Crippen LogP contribution in [-0.2, 0) is 12.7 Å². The second-order valence-electron chi connectivity index (χ2n) is 9.41. The van der Waals surface area contributed by atoms with Gasteiger partial charge in [-0.15, -0.1) is 13.2 Å². The van der Waals surface area contributed by atoms with Crippen LogP contribution in [0.3, 0.4) is 0 Å². The first-order valence-electron chi connectivity index (χ1n) is 12.9. The molecule has 3 N–H and O–H groups in total. The molecular formula is C27H27F6N5O4. The monoisotopic (exact) mass is 599 g/mol. The Bertz CT molecular complexity index is 1380. The number of ether oxygens (including phenoxy) is 2. The molecule has 9 nitrogen and oxygen atoms in total. The molecule has 4 rings (SSSR count). The lowest BCUT2D eigenvalue weighted by atomic mass is 10.0. The summed E-state index contributed by atoms with van der Waals surface area (Å²) < 4.78 is 87.6. The number of amides is 1. The fourth-order valence-electron chi connectivity index (χ4n) is 4.38. The lowest BCUT2D eigenvalue weighted by molar-refractivity contribution is -0.274. The van der Waals surface area contributed by atoms with E-state index in [-0.39, 0.29) is 23.4 Å². The number of rotatable bonds is 9. The number of nitrogens with zero attached hydrogens (tertiary/aromatic N) is 3. The van der Waals surface area contributed by atoms with E-state index in [9.17, 15) is 36.2 Å². The third kappa shape index (κ3) is 8.38. The van der Waals surface area contributed by atoms with Crippen molar-refractivity contribution in [2.45, 2.75) is 44.9 Å². The minimum Gasteiger partial charge on any atom is -0.504 e. The Balaban J connectivity index is 1.37. The molecule has 15 heteroatoms. The number of phenolic OH excluding ortho intramolecular Hbond substituents is 1. The van der Waals surface area contributed by atoms with Crippen molar-refractivity contribution < 1.29 is 45.7 Å². The molecular weight excluding hydrogens is 572 g/mol. The molecule has 0 unspecified atom stereocenters. The Hall–Kier alpha value is -4.27. The molecule has 1 amide bonds. The van der Waals surface area contributed by atoms with Crippen LogP contribution in [-0.4, -0.2) is 58.0 Å². The highest BCUT2D eigenvalue weighted by molar-refractivity contribution is 6.05. The molecule has 2 aromatic carbocycles. The van der Waals surface area contributed by atoms with Crippen LogP contribution in [0, 0.1) is 0 Å². The lowest BCUT2D eigenvalue weighted by Crippen LogP contribution is -2.39. The fraction of sp³-hybridized carbons (Fsp3) is 0.370. The molecule has 2 heterocycles. The Labute approximate surface area is 236 Å². The molecule has 0 radical (unpaired) electrons. The van der Waals surface area contributed by atoms with Crippen LogP contribution < -0.4 is 20.1 Å². The van der Waals surface area contributed by atoms with E-state index in [2.05, 4.69) is 30.2 Å². The number of nitrogens with one attached hydrogen (secondary N) is 2. The number of anilines is 2. The largest absolute Gasteiger partial charge is 0.573 e. The molecule has 1 fully saturated rings. The molecule has 1 aliphatic heterocycles. The van der Waals surface area contributed by atoms with E-state index in [1.807, 2.05) is 6.92 Å². The third-order valence-corrected chi connectivity index (χ3v) is 6.30. The normalized spacial score (nSPS) is 14.8. The molecule has 0 saturated carbocycles. The minimum atomic E-state index is -4.98. The zero-order valence-corrected chi connectivity index (χ0v) is 22.2. The molecule has 3 aromatic rings. The minimum absolute atomic E-state index is 0.0545. The quantitative estimate of drug-likeness (QED) is 0.264. The summed E-state index contributed by atoms with van der Waals surface area (Å²) in [5, 5.41) is 15.0. The first kappa shape index (κ1) is 30.7. The van der Waals surface area contributed by atoms with Crippen molar-refractivity contribution in [3.63, 3.8) is 0 Å². The molecule has 42 heavy (non-hydrogen) atoms. The summed E-state index contributed by atoms with van der Waals surface area (Å²) in [5.41, 5.74) is -1.42. The molecule has 0 spiro atoms. The van der Waals surface area contributed by atoms with Crippen LogP contribution in [0.2, 0.25) is 0 Å². The number of aromatic nitrogens is 2. The SMILES string of the molecule is CCOc1cc(CN2CCC(Nc3ncc(C(=O)Nc4ccc(OC(F)(F)F)cc4)c(C(F)(F)F)n3)CC2)ccc1O. The number of benzene rings is 2. The van der Waals surface area contributed by atoms with Gasteiger partial charge in [0.1, 0.15) is 5.75 Å². The highest BCUT2D eigenvalue weighted by Crippen LogP contribution is 2.32. The van der Waals surface area contributed by atoms with Crippen molar-refractivity contribution >= 4 is 17.5 Å². The maximum absolute atomic E-state index is 13.8. The maximum atomic E-state index is 13.8. The van der Waals surface area contributed by atoms with Gasteiger partial charge in [-0.05, 0) is 61.7 Å². The van der Waals surface area contributed by atoms with Gasteiger partial charge >= 0.3 is 12.5 Å². The van der Waals surface area contributed by atoms with Crippen LogP contribution >= 0.6 is 0 Å². The van der Waals surface area contributed by atoms with Gasteiger partial charge in [-0.25, -0.2) is 9.97 Å². The van der Waals surface area contributed by atoms with E-state index in [0.29, 0.717) is 44.8 Å². The van der Waals surface area contributed by atoms with E-state index in [4.69, 9.17) is 4.74 Å². The van der Waals surface area contributed by atoms with Crippen LogP contribution in [0.4, 0.5) is 38.0 Å². The Morgan fingerprint density at radius 2 is 1.76 bits per heavy atom. The van der Waals surface area contributed by atoms with Crippen molar-refractivity contribution in [3.8, 4) is 17.2 Å². The van der Waals surface area contributed by atoms with Gasteiger partial charge in [0.25, 0.3) is 5.91 Å². The molecule has 1 aliphatic rings. The number of carbonyl (C=O) groups is 1. The highest BCUT2D eigenvalue weighted by Gasteiger charge is 2.38. The third-order valence-electron chi connectivity index (χ3n) is 6.30. The average molecular weight is 600 g/mol. The number of likely N-dealkylation sites (tertiary alicyclic amines) is 1. The smallest absolute Gasteiger partial charge is 0.504 e. The number of carbonyl (C=O) groups excluding carboxylic acids is 1. The van der Waals surface area contributed by atoms with Crippen molar-refractivity contribution in [1.82, 2.24) is 14.9 Å². The van der Waals surface area contributed by atoms with Crippen LogP contribution in [0.15, 0.2) is 48.7 Å². The first-order valence-corrected chi connectivity index (χ1v) is 12.9. The average Bonchev–Trinajstić information content (AvgIpc) is 2.91. The van der Waals surface area contributed by atoms with Gasteiger partial charge in [0.2, 0.25) is 5.95 Å². The first-order chi connectivity index (χ1) is 19.8. The summed E-state index contributed by atoms with van der Waals surface area (Å²) in [5.74, 6) is -1.58. The van der Waals surface area contributed by atoms with Gasteiger partial charge in [-0.2, -0.15) is 13.2 Å². The van der Waals surface area contributed by atoms with Crippen LogP contribution in [0.25, 0.3) is 0 Å². The predicted molar refractivity (Wildman–Crippen MR) is 139 cm³/mol. The van der Waals surface area contributed by atoms with E-state index >= 15 is 0 Å². The van der Waals surface area contributed by atoms with Crippen LogP contribution in [0.5, 0.6) is 17.2 Å². The molecule has 1 aromatic heterocycles. The zero-order valence-electron chi connectivity index (χ0n) is 22.2. The Morgan fingerprint density at radius 3 is 2.38 bits per heavy atom.